The summed E-state index contributed by atoms with van der Waals surface area (Å²) < 4.78 is 30.9. The topological polar surface area (TPSA) is 112 Å². The minimum Gasteiger partial charge on any atom is -0.459 e. The average Bonchev–Trinajstić information content (AvgIpc) is 3.38. The lowest BCUT2D eigenvalue weighted by Crippen LogP contribution is -2.35. The number of sulfonamides is 1. The minimum absolute atomic E-state index is 0.105. The van der Waals surface area contributed by atoms with Crippen molar-refractivity contribution >= 4 is 44.5 Å². The van der Waals surface area contributed by atoms with Gasteiger partial charge in [-0.15, -0.1) is 0 Å². The van der Waals surface area contributed by atoms with Gasteiger partial charge in [-0.25, -0.2) is 17.7 Å². The Morgan fingerprint density at radius 2 is 2.06 bits per heavy atom. The Kier molecular flexibility index (Phi) is 7.19. The van der Waals surface area contributed by atoms with Gasteiger partial charge in [-0.2, -0.15) is 0 Å². The molecular weight excluding hydrogens is 440 g/mol. The van der Waals surface area contributed by atoms with Crippen molar-refractivity contribution in [3.63, 3.8) is 0 Å². The average molecular weight is 465 g/mol. The molecule has 0 spiro atoms. The first kappa shape index (κ1) is 23.0. The molecule has 0 aliphatic carbocycles. The van der Waals surface area contributed by atoms with E-state index < -0.39 is 10.0 Å². The number of aliphatic imine (C=N–C) groups is 1. The highest BCUT2D eigenvalue weighted by atomic mass is 32.2. The summed E-state index contributed by atoms with van der Waals surface area (Å²) in [5.74, 6) is -0.366. The molecular formula is C20H24N4O5S2. The molecule has 2 heterocycles. The van der Waals surface area contributed by atoms with Crippen LogP contribution in [0.15, 0.2) is 57.0 Å². The van der Waals surface area contributed by atoms with E-state index in [1.54, 1.807) is 29.2 Å². The first-order valence-electron chi connectivity index (χ1n) is 9.58. The zero-order valence-electron chi connectivity index (χ0n) is 17.4. The van der Waals surface area contributed by atoms with Crippen molar-refractivity contribution in [2.24, 2.45) is 4.99 Å². The van der Waals surface area contributed by atoms with Crippen LogP contribution in [0, 0.1) is 0 Å². The number of nitrogens with one attached hydrogen (secondary N) is 1. The molecule has 1 aromatic carbocycles. The number of hydrogen-bond acceptors (Lipinski definition) is 7. The number of furan rings is 1. The van der Waals surface area contributed by atoms with E-state index in [-0.39, 0.29) is 40.7 Å². The molecule has 166 valence electrons. The molecule has 1 atom stereocenters. The number of thioether (sulfide) groups is 1. The van der Waals surface area contributed by atoms with Crippen molar-refractivity contribution in [3.05, 3.63) is 48.4 Å². The van der Waals surface area contributed by atoms with Gasteiger partial charge in [-0.1, -0.05) is 24.8 Å². The van der Waals surface area contributed by atoms with Gasteiger partial charge < -0.3 is 9.73 Å². The summed E-state index contributed by atoms with van der Waals surface area (Å²) in [6.07, 6.45) is 1.51. The van der Waals surface area contributed by atoms with Gasteiger partial charge in [-0.3, -0.25) is 14.5 Å². The maximum absolute atomic E-state index is 12.7. The summed E-state index contributed by atoms with van der Waals surface area (Å²) in [6.45, 7) is 2.64. The Hall–Kier alpha value is -2.63. The van der Waals surface area contributed by atoms with Crippen LogP contribution in [-0.4, -0.2) is 67.0 Å². The number of nitrogens with zero attached hydrogens (tertiary/aromatic N) is 3. The molecule has 1 aliphatic heterocycles. The summed E-state index contributed by atoms with van der Waals surface area (Å²) in [5, 5.41) is 3.31. The van der Waals surface area contributed by atoms with Gasteiger partial charge in [0.1, 0.15) is 0 Å². The fourth-order valence-corrected chi connectivity index (χ4v) is 4.85. The molecule has 1 saturated heterocycles. The Labute approximate surface area is 185 Å². The second kappa shape index (κ2) is 9.67. The van der Waals surface area contributed by atoms with Gasteiger partial charge in [0.25, 0.3) is 5.91 Å². The van der Waals surface area contributed by atoms with Gasteiger partial charge in [0.2, 0.25) is 15.9 Å². The van der Waals surface area contributed by atoms with E-state index in [1.807, 2.05) is 6.92 Å². The molecule has 2 amide bonds. The first-order chi connectivity index (χ1) is 14.7. The molecule has 1 N–H and O–H groups in total. The Balaban J connectivity index is 1.70. The van der Waals surface area contributed by atoms with Crippen molar-refractivity contribution in [3.8, 4) is 0 Å². The maximum atomic E-state index is 12.7. The van der Waals surface area contributed by atoms with Crippen molar-refractivity contribution < 1.29 is 22.4 Å². The Morgan fingerprint density at radius 1 is 1.29 bits per heavy atom. The van der Waals surface area contributed by atoms with Gasteiger partial charge in [0.05, 0.1) is 16.8 Å². The van der Waals surface area contributed by atoms with E-state index >= 15 is 0 Å². The van der Waals surface area contributed by atoms with E-state index in [2.05, 4.69) is 10.3 Å². The van der Waals surface area contributed by atoms with Crippen LogP contribution in [0.1, 0.15) is 23.9 Å². The lowest BCUT2D eigenvalue weighted by atomic mass is 10.3. The van der Waals surface area contributed by atoms with E-state index in [9.17, 15) is 18.0 Å². The fraction of sp³-hybridized carbons (Fsp3) is 0.350. The third-order valence-electron chi connectivity index (χ3n) is 4.47. The second-order valence-electron chi connectivity index (χ2n) is 7.10. The molecule has 0 bridgehead atoms. The largest absolute Gasteiger partial charge is 0.459 e. The number of hydrogen-bond donors (Lipinski definition) is 1. The fourth-order valence-electron chi connectivity index (χ4n) is 2.86. The number of carbonyl (C=O) groups excluding carboxylic acids is 2. The monoisotopic (exact) mass is 464 g/mol. The van der Waals surface area contributed by atoms with Gasteiger partial charge in [-0.05, 0) is 30.3 Å². The summed E-state index contributed by atoms with van der Waals surface area (Å²) in [7, 11) is -0.652. The summed E-state index contributed by atoms with van der Waals surface area (Å²) in [5.41, 5.74) is 0.448. The van der Waals surface area contributed by atoms with E-state index in [1.165, 1.54) is 44.3 Å². The molecule has 2 aromatic rings. The number of rotatable bonds is 7. The predicted octanol–water partition coefficient (Wildman–Crippen LogP) is 2.30. The Morgan fingerprint density at radius 3 is 2.74 bits per heavy atom. The molecule has 1 aliphatic rings. The third-order valence-corrected chi connectivity index (χ3v) is 7.35. The lowest BCUT2D eigenvalue weighted by molar-refractivity contribution is -0.126. The number of benzene rings is 1. The molecule has 11 heteroatoms. The number of carbonyl (C=O) groups is 2. The van der Waals surface area contributed by atoms with E-state index in [0.717, 1.165) is 4.31 Å². The zero-order valence-corrected chi connectivity index (χ0v) is 19.1. The third kappa shape index (κ3) is 5.54. The molecule has 1 fully saturated rings. The highest BCUT2D eigenvalue weighted by molar-refractivity contribution is 8.14. The highest BCUT2D eigenvalue weighted by Crippen LogP contribution is 2.29. The maximum Gasteiger partial charge on any atom is 0.286 e. The van der Waals surface area contributed by atoms with Crippen molar-refractivity contribution in [2.75, 3.05) is 27.2 Å². The summed E-state index contributed by atoms with van der Waals surface area (Å²) >= 11 is 1.45. The van der Waals surface area contributed by atoms with Crippen LogP contribution in [0.3, 0.4) is 0 Å². The van der Waals surface area contributed by atoms with Crippen LogP contribution in [0.25, 0.3) is 0 Å². The molecule has 31 heavy (non-hydrogen) atoms. The number of amidine groups is 1. The van der Waals surface area contributed by atoms with Crippen LogP contribution >= 0.6 is 11.8 Å². The molecule has 0 saturated carbocycles. The lowest BCUT2D eigenvalue weighted by Gasteiger charge is -2.16. The van der Waals surface area contributed by atoms with Crippen LogP contribution in [0.5, 0.6) is 0 Å². The van der Waals surface area contributed by atoms with Crippen molar-refractivity contribution in [1.82, 2.24) is 14.5 Å². The molecule has 3 rings (SSSR count). The summed E-state index contributed by atoms with van der Waals surface area (Å²) in [4.78, 5) is 30.9. The molecule has 1 aromatic heterocycles. The zero-order chi connectivity index (χ0) is 22.6. The standard InChI is InChI=1S/C20H24N4O5S2/c1-14-13-24(18(25)9-10-21-19(26)17-8-5-11-29-17)20(30-14)22-15-6-4-7-16(12-15)31(27,28)23(2)3/h4-8,11-12,14H,9-10,13H2,1-3H3,(H,21,26). The van der Waals surface area contributed by atoms with Crippen molar-refractivity contribution in [2.45, 2.75) is 23.5 Å². The van der Waals surface area contributed by atoms with Crippen LogP contribution in [0.2, 0.25) is 0 Å². The number of amides is 2. The van der Waals surface area contributed by atoms with E-state index in [4.69, 9.17) is 4.42 Å². The molecule has 1 unspecified atom stereocenters. The van der Waals surface area contributed by atoms with E-state index in [0.29, 0.717) is 17.4 Å². The first-order valence-corrected chi connectivity index (χ1v) is 11.9. The SMILES string of the molecule is CC1CN(C(=O)CCNC(=O)c2ccco2)C(=Nc2cccc(S(=O)(=O)N(C)C)c2)S1. The van der Waals surface area contributed by atoms with Crippen LogP contribution < -0.4 is 5.32 Å². The van der Waals surface area contributed by atoms with Gasteiger partial charge in [0.15, 0.2) is 10.9 Å². The normalized spacial score (nSPS) is 18.0. The van der Waals surface area contributed by atoms with Crippen molar-refractivity contribution in [1.29, 1.82) is 0 Å². The Bertz CT molecular complexity index is 1080. The summed E-state index contributed by atoms with van der Waals surface area (Å²) in [6, 6.07) is 9.47. The smallest absolute Gasteiger partial charge is 0.286 e. The second-order valence-corrected chi connectivity index (χ2v) is 10.7. The van der Waals surface area contributed by atoms with Crippen LogP contribution in [0.4, 0.5) is 5.69 Å². The van der Waals surface area contributed by atoms with Gasteiger partial charge in [0, 0.05) is 38.9 Å². The predicted molar refractivity (Wildman–Crippen MR) is 119 cm³/mol. The van der Waals surface area contributed by atoms with Gasteiger partial charge >= 0.3 is 0 Å². The minimum atomic E-state index is -3.58. The van der Waals surface area contributed by atoms with Crippen LogP contribution in [-0.2, 0) is 14.8 Å². The molecule has 0 radical (unpaired) electrons. The molecule has 9 nitrogen and oxygen atoms in total. The quantitative estimate of drug-likeness (QED) is 0.673. The highest BCUT2D eigenvalue weighted by Gasteiger charge is 2.30.